The Morgan fingerprint density at radius 3 is 2.48 bits per heavy atom. The van der Waals surface area contributed by atoms with E-state index in [0.29, 0.717) is 37.6 Å². The zero-order chi connectivity index (χ0) is 27.6. The summed E-state index contributed by atoms with van der Waals surface area (Å²) in [5, 5.41) is 25.1. The Morgan fingerprint density at radius 1 is 1.02 bits per heavy atom. The van der Waals surface area contributed by atoms with Gasteiger partial charge in [0.25, 0.3) is 11.2 Å². The highest BCUT2D eigenvalue weighted by Crippen LogP contribution is 2.34. The molecule has 3 heterocycles. The van der Waals surface area contributed by atoms with Crippen molar-refractivity contribution in [3.8, 4) is 0 Å². The van der Waals surface area contributed by atoms with Gasteiger partial charge in [-0.15, -0.1) is 5.10 Å². The minimum atomic E-state index is -0.394. The van der Waals surface area contributed by atoms with Gasteiger partial charge in [-0.05, 0) is 71.0 Å². The molecular weight excluding hydrogens is 508 g/mol. The molecule has 6 rings (SSSR count). The number of hydrogen-bond donors (Lipinski definition) is 1. The third-order valence-corrected chi connectivity index (χ3v) is 8.43. The lowest BCUT2D eigenvalue weighted by atomic mass is 9.95. The van der Waals surface area contributed by atoms with Crippen LogP contribution in [0.1, 0.15) is 68.1 Å². The number of rotatable bonds is 7. The number of nitrogens with one attached hydrogen (secondary N) is 1. The van der Waals surface area contributed by atoms with Crippen LogP contribution in [0, 0.1) is 10.1 Å². The van der Waals surface area contributed by atoms with Crippen molar-refractivity contribution >= 4 is 22.3 Å². The van der Waals surface area contributed by atoms with Gasteiger partial charge in [-0.1, -0.05) is 32.3 Å². The van der Waals surface area contributed by atoms with Gasteiger partial charge in [0.1, 0.15) is 6.04 Å². The second-order valence-electron chi connectivity index (χ2n) is 10.8. The summed E-state index contributed by atoms with van der Waals surface area (Å²) in [6, 6.07) is 14.7. The lowest BCUT2D eigenvalue weighted by Crippen LogP contribution is -2.49. The maximum absolute atomic E-state index is 13.6. The molecule has 2 aromatic heterocycles. The minimum absolute atomic E-state index is 0.0822. The first-order valence-corrected chi connectivity index (χ1v) is 14.2. The summed E-state index contributed by atoms with van der Waals surface area (Å²) in [6.07, 6.45) is 6.52. The summed E-state index contributed by atoms with van der Waals surface area (Å²) in [6.45, 7) is 4.92. The van der Waals surface area contributed by atoms with Crippen LogP contribution in [-0.2, 0) is 6.42 Å². The summed E-state index contributed by atoms with van der Waals surface area (Å²) in [5.41, 5.74) is 3.59. The number of anilines is 1. The van der Waals surface area contributed by atoms with Crippen molar-refractivity contribution in [2.75, 3.05) is 31.1 Å². The summed E-state index contributed by atoms with van der Waals surface area (Å²) < 4.78 is 1.97. The van der Waals surface area contributed by atoms with Gasteiger partial charge < -0.3 is 9.88 Å². The highest BCUT2D eigenvalue weighted by Gasteiger charge is 2.34. The molecule has 1 atom stereocenters. The molecular formula is C29H34N8O3. The fraction of sp³-hybridized carbons (Fsp3) is 0.448. The maximum atomic E-state index is 13.6. The number of aromatic amines is 1. The van der Waals surface area contributed by atoms with E-state index in [1.807, 2.05) is 16.8 Å². The number of fused-ring (bicyclic) bond motifs is 1. The van der Waals surface area contributed by atoms with E-state index in [2.05, 4.69) is 49.4 Å². The predicted molar refractivity (Wildman–Crippen MR) is 153 cm³/mol. The smallest absolute Gasteiger partial charge is 0.269 e. The quantitative estimate of drug-likeness (QED) is 0.269. The Bertz CT molecular complexity index is 1550. The van der Waals surface area contributed by atoms with E-state index in [-0.39, 0.29) is 22.2 Å². The van der Waals surface area contributed by atoms with Crippen LogP contribution in [-0.4, -0.2) is 61.2 Å². The topological polar surface area (TPSA) is 126 Å². The average molecular weight is 543 g/mol. The Balaban J connectivity index is 1.36. The van der Waals surface area contributed by atoms with Crippen LogP contribution in [0.4, 0.5) is 11.4 Å². The molecule has 4 aromatic rings. The summed E-state index contributed by atoms with van der Waals surface area (Å²) in [7, 11) is 0. The number of nitro groups is 1. The number of non-ortho nitro benzene ring substituents is 1. The molecule has 40 heavy (non-hydrogen) atoms. The van der Waals surface area contributed by atoms with Crippen molar-refractivity contribution in [1.29, 1.82) is 0 Å². The van der Waals surface area contributed by atoms with Gasteiger partial charge in [0, 0.05) is 55.1 Å². The average Bonchev–Trinajstić information content (AvgIpc) is 3.48. The Labute approximate surface area is 231 Å². The van der Waals surface area contributed by atoms with E-state index < -0.39 is 6.04 Å². The zero-order valence-corrected chi connectivity index (χ0v) is 22.7. The van der Waals surface area contributed by atoms with Gasteiger partial charge in [0.2, 0.25) is 0 Å². The van der Waals surface area contributed by atoms with Crippen LogP contribution in [0.2, 0.25) is 0 Å². The lowest BCUT2D eigenvalue weighted by molar-refractivity contribution is -0.384. The number of piperazine rings is 1. The van der Waals surface area contributed by atoms with Gasteiger partial charge in [0.15, 0.2) is 5.82 Å². The molecule has 1 saturated carbocycles. The van der Waals surface area contributed by atoms with E-state index >= 15 is 0 Å². The summed E-state index contributed by atoms with van der Waals surface area (Å²) in [4.78, 5) is 31.9. The van der Waals surface area contributed by atoms with Gasteiger partial charge in [-0.2, -0.15) is 0 Å². The molecule has 2 aliphatic rings. The van der Waals surface area contributed by atoms with Gasteiger partial charge in [0.05, 0.1) is 11.0 Å². The Morgan fingerprint density at radius 2 is 1.77 bits per heavy atom. The predicted octanol–water partition coefficient (Wildman–Crippen LogP) is 4.40. The van der Waals surface area contributed by atoms with Crippen molar-refractivity contribution in [2.45, 2.75) is 57.5 Å². The highest BCUT2D eigenvalue weighted by molar-refractivity contribution is 5.80. The number of aromatic nitrogens is 5. The number of nitro benzene ring substituents is 1. The molecule has 0 bridgehead atoms. The first-order chi connectivity index (χ1) is 19.5. The number of pyridine rings is 1. The Kier molecular flexibility index (Phi) is 7.29. The van der Waals surface area contributed by atoms with Crippen molar-refractivity contribution in [2.24, 2.45) is 0 Å². The van der Waals surface area contributed by atoms with E-state index in [1.54, 1.807) is 24.3 Å². The van der Waals surface area contributed by atoms with E-state index in [1.165, 1.54) is 12.0 Å². The molecule has 2 fully saturated rings. The third-order valence-electron chi connectivity index (χ3n) is 8.43. The van der Waals surface area contributed by atoms with Crippen molar-refractivity contribution in [3.63, 3.8) is 0 Å². The summed E-state index contributed by atoms with van der Waals surface area (Å²) >= 11 is 0. The molecule has 0 radical (unpaired) electrons. The van der Waals surface area contributed by atoms with E-state index in [9.17, 15) is 14.9 Å². The molecule has 1 unspecified atom stereocenters. The number of nitrogens with zero attached hydrogens (tertiary/aromatic N) is 7. The third kappa shape index (κ3) is 5.08. The van der Waals surface area contributed by atoms with Crippen molar-refractivity contribution in [1.82, 2.24) is 30.1 Å². The number of aryl methyl sites for hydroxylation is 1. The first kappa shape index (κ1) is 26.1. The molecule has 1 saturated heterocycles. The van der Waals surface area contributed by atoms with Crippen LogP contribution >= 0.6 is 0 Å². The monoisotopic (exact) mass is 542 g/mol. The fourth-order valence-corrected chi connectivity index (χ4v) is 6.18. The number of H-pyrrole nitrogens is 1. The molecule has 0 spiro atoms. The van der Waals surface area contributed by atoms with Crippen LogP contribution in [0.15, 0.2) is 53.3 Å². The molecule has 11 nitrogen and oxygen atoms in total. The van der Waals surface area contributed by atoms with Gasteiger partial charge in [-0.25, -0.2) is 4.68 Å². The highest BCUT2D eigenvalue weighted by atomic mass is 16.6. The van der Waals surface area contributed by atoms with E-state index in [4.69, 9.17) is 0 Å². The van der Waals surface area contributed by atoms with Gasteiger partial charge in [-0.3, -0.25) is 19.8 Å². The lowest BCUT2D eigenvalue weighted by Gasteiger charge is -2.40. The van der Waals surface area contributed by atoms with Crippen LogP contribution in [0.5, 0.6) is 0 Å². The molecule has 1 aliphatic heterocycles. The van der Waals surface area contributed by atoms with Gasteiger partial charge >= 0.3 is 0 Å². The molecule has 2 aromatic carbocycles. The molecule has 1 aliphatic carbocycles. The Hall–Kier alpha value is -4.12. The molecule has 1 N–H and O–H groups in total. The number of hydrogen-bond acceptors (Lipinski definition) is 8. The van der Waals surface area contributed by atoms with Crippen LogP contribution in [0.25, 0.3) is 10.9 Å². The SMILES string of the molecule is CCc1ccc2[nH]c(=O)c(C(c3nnnn3C3CCCCC3)N3CCN(c4ccc([N+](=O)[O-])cc4)CC3)cc2c1. The molecule has 0 amide bonds. The first-order valence-electron chi connectivity index (χ1n) is 14.2. The standard InChI is InChI=1S/C29H34N8O3/c1-2-20-8-13-26-21(18-20)19-25(29(38)30-26)27(28-31-32-33-36(28)23-6-4-3-5-7-23)35-16-14-34(15-17-35)22-9-11-24(12-10-22)37(39)40/h8-13,18-19,23,27H,2-7,14-17H2,1H3,(H,30,38). The largest absolute Gasteiger partial charge is 0.369 e. The second kappa shape index (κ2) is 11.2. The minimum Gasteiger partial charge on any atom is -0.369 e. The number of benzene rings is 2. The van der Waals surface area contributed by atoms with Crippen molar-refractivity contribution < 1.29 is 4.92 Å². The molecule has 208 valence electrons. The van der Waals surface area contributed by atoms with Crippen molar-refractivity contribution in [3.05, 3.63) is 86.0 Å². The maximum Gasteiger partial charge on any atom is 0.269 e. The number of tetrazole rings is 1. The normalized spacial score (nSPS) is 17.8. The van der Waals surface area contributed by atoms with Crippen LogP contribution in [0.3, 0.4) is 0 Å². The zero-order valence-electron chi connectivity index (χ0n) is 22.7. The second-order valence-corrected chi connectivity index (χ2v) is 10.8. The fourth-order valence-electron chi connectivity index (χ4n) is 6.18. The summed E-state index contributed by atoms with van der Waals surface area (Å²) in [5.74, 6) is 0.715. The van der Waals surface area contributed by atoms with Crippen LogP contribution < -0.4 is 10.5 Å². The van der Waals surface area contributed by atoms with E-state index in [0.717, 1.165) is 48.7 Å². The molecule has 11 heteroatoms.